The average molecular weight is 282 g/mol. The Bertz CT molecular complexity index is 747. The molecule has 0 bridgehead atoms. The van der Waals surface area contributed by atoms with Crippen molar-refractivity contribution in [1.29, 1.82) is 0 Å². The Kier molecular flexibility index (Phi) is 3.22. The van der Waals surface area contributed by atoms with Crippen molar-refractivity contribution in [2.45, 2.75) is 6.92 Å². The van der Waals surface area contributed by atoms with Gasteiger partial charge in [0, 0.05) is 22.8 Å². The Morgan fingerprint density at radius 2 is 2.00 bits per heavy atom. The van der Waals surface area contributed by atoms with Crippen molar-refractivity contribution < 1.29 is 4.92 Å². The van der Waals surface area contributed by atoms with Crippen LogP contribution in [0.25, 0.3) is 5.69 Å². The molecule has 19 heavy (non-hydrogen) atoms. The number of nitrogens with zero attached hydrogens (tertiary/aromatic N) is 2. The number of hydrogen-bond acceptors (Lipinski definition) is 4. The second kappa shape index (κ2) is 4.69. The highest BCUT2D eigenvalue weighted by molar-refractivity contribution is 6.30. The molecule has 0 radical (unpaired) electrons. The van der Waals surface area contributed by atoms with Crippen molar-refractivity contribution in [1.82, 2.24) is 9.55 Å². The second-order valence-electron chi connectivity index (χ2n) is 3.82. The van der Waals surface area contributed by atoms with Crippen molar-refractivity contribution in [3.05, 3.63) is 65.9 Å². The molecule has 0 aliphatic carbocycles. The zero-order valence-electron chi connectivity index (χ0n) is 9.71. The van der Waals surface area contributed by atoms with Crippen molar-refractivity contribution in [3.8, 4) is 5.69 Å². The van der Waals surface area contributed by atoms with Gasteiger partial charge in [-0.2, -0.15) is 0 Å². The first-order valence-electron chi connectivity index (χ1n) is 5.17. The fourth-order valence-corrected chi connectivity index (χ4v) is 1.84. The van der Waals surface area contributed by atoms with E-state index in [1.807, 2.05) is 0 Å². The van der Waals surface area contributed by atoms with Crippen LogP contribution < -0.4 is 11.2 Å². The maximum Gasteiger partial charge on any atom is 0.333 e. The van der Waals surface area contributed by atoms with Crippen LogP contribution in [0.5, 0.6) is 0 Å². The lowest BCUT2D eigenvalue weighted by Gasteiger charge is -2.06. The number of nitrogens with one attached hydrogen (secondary N) is 1. The molecule has 1 N–H and O–H groups in total. The van der Waals surface area contributed by atoms with Crippen molar-refractivity contribution in [2.75, 3.05) is 0 Å². The third kappa shape index (κ3) is 2.41. The van der Waals surface area contributed by atoms with Crippen LogP contribution in [0.2, 0.25) is 5.02 Å². The molecule has 0 fully saturated rings. The van der Waals surface area contributed by atoms with E-state index in [2.05, 4.69) is 4.98 Å². The minimum Gasteiger partial charge on any atom is -0.311 e. The van der Waals surface area contributed by atoms with E-state index in [0.717, 1.165) is 6.07 Å². The molecule has 0 amide bonds. The normalized spacial score (nSPS) is 10.4. The minimum absolute atomic E-state index is 0.163. The predicted molar refractivity (Wildman–Crippen MR) is 69.1 cm³/mol. The molecule has 1 heterocycles. The monoisotopic (exact) mass is 281 g/mol. The molecule has 1 aromatic heterocycles. The van der Waals surface area contributed by atoms with E-state index in [1.54, 1.807) is 6.92 Å². The summed E-state index contributed by atoms with van der Waals surface area (Å²) < 4.78 is 0.678. The first-order chi connectivity index (χ1) is 8.90. The Hall–Kier alpha value is -2.41. The molecule has 98 valence electrons. The van der Waals surface area contributed by atoms with E-state index in [9.17, 15) is 19.7 Å². The summed E-state index contributed by atoms with van der Waals surface area (Å²) in [5.74, 6) is 0. The van der Waals surface area contributed by atoms with Gasteiger partial charge in [-0.15, -0.1) is 0 Å². The average Bonchev–Trinajstić information content (AvgIpc) is 2.27. The van der Waals surface area contributed by atoms with Gasteiger partial charge in [0.15, 0.2) is 0 Å². The van der Waals surface area contributed by atoms with Crippen LogP contribution in [0, 0.1) is 17.0 Å². The molecule has 0 spiro atoms. The van der Waals surface area contributed by atoms with Gasteiger partial charge in [-0.05, 0) is 19.1 Å². The van der Waals surface area contributed by atoms with Gasteiger partial charge in [0.1, 0.15) is 5.69 Å². The fraction of sp³-hybridized carbons (Fsp3) is 0.0909. The fourth-order valence-electron chi connectivity index (χ4n) is 1.67. The first-order valence-corrected chi connectivity index (χ1v) is 5.55. The Balaban J connectivity index is 2.86. The number of benzene rings is 1. The number of halogens is 1. The van der Waals surface area contributed by atoms with Gasteiger partial charge in [-0.1, -0.05) is 11.6 Å². The van der Waals surface area contributed by atoms with Crippen LogP contribution in [-0.4, -0.2) is 14.5 Å². The molecule has 0 atom stereocenters. The highest BCUT2D eigenvalue weighted by Gasteiger charge is 2.18. The summed E-state index contributed by atoms with van der Waals surface area (Å²) in [6.45, 7) is 1.54. The molecular formula is C11H8ClN3O4. The van der Waals surface area contributed by atoms with Crippen LogP contribution >= 0.6 is 11.6 Å². The second-order valence-corrected chi connectivity index (χ2v) is 4.26. The van der Waals surface area contributed by atoms with Gasteiger partial charge in [-0.25, -0.2) is 9.36 Å². The molecule has 0 aliphatic rings. The topological polar surface area (TPSA) is 98.0 Å². The summed E-state index contributed by atoms with van der Waals surface area (Å²) in [7, 11) is 0. The van der Waals surface area contributed by atoms with Gasteiger partial charge in [-0.3, -0.25) is 14.9 Å². The van der Waals surface area contributed by atoms with Gasteiger partial charge >= 0.3 is 5.69 Å². The zero-order chi connectivity index (χ0) is 14.2. The van der Waals surface area contributed by atoms with Crippen LogP contribution in [0.1, 0.15) is 5.69 Å². The maximum atomic E-state index is 11.8. The smallest absolute Gasteiger partial charge is 0.311 e. The van der Waals surface area contributed by atoms with Gasteiger partial charge in [0.05, 0.1) is 4.92 Å². The quantitative estimate of drug-likeness (QED) is 0.664. The highest BCUT2D eigenvalue weighted by Crippen LogP contribution is 2.24. The summed E-state index contributed by atoms with van der Waals surface area (Å²) in [5.41, 5.74) is -1.58. The molecule has 0 unspecified atom stereocenters. The van der Waals surface area contributed by atoms with Crippen molar-refractivity contribution >= 4 is 17.3 Å². The molecule has 2 aromatic rings. The SMILES string of the molecule is Cc1cc(=O)n(-c2cc(Cl)ccc2[N+](=O)[O-])c(=O)[nH]1. The third-order valence-electron chi connectivity index (χ3n) is 2.44. The number of hydrogen-bond donors (Lipinski definition) is 1. The number of nitro benzene ring substituents is 1. The summed E-state index contributed by atoms with van der Waals surface area (Å²) in [4.78, 5) is 36.3. The number of nitro groups is 1. The van der Waals surface area contributed by atoms with E-state index in [4.69, 9.17) is 11.6 Å². The third-order valence-corrected chi connectivity index (χ3v) is 2.68. The lowest BCUT2D eigenvalue weighted by molar-refractivity contribution is -0.384. The zero-order valence-corrected chi connectivity index (χ0v) is 10.5. The number of rotatable bonds is 2. The predicted octanol–water partition coefficient (Wildman–Crippen LogP) is 1.40. The highest BCUT2D eigenvalue weighted by atomic mass is 35.5. The van der Waals surface area contributed by atoms with Crippen molar-refractivity contribution in [3.63, 3.8) is 0 Å². The minimum atomic E-state index is -0.754. The van der Waals surface area contributed by atoms with E-state index in [0.29, 0.717) is 10.3 Å². The van der Waals surface area contributed by atoms with E-state index < -0.39 is 16.2 Å². The van der Waals surface area contributed by atoms with Crippen LogP contribution in [0.15, 0.2) is 33.9 Å². The van der Waals surface area contributed by atoms with Gasteiger partial charge in [0.25, 0.3) is 11.2 Å². The number of H-pyrrole nitrogens is 1. The van der Waals surface area contributed by atoms with Gasteiger partial charge in [0.2, 0.25) is 0 Å². The largest absolute Gasteiger partial charge is 0.333 e. The summed E-state index contributed by atoms with van der Waals surface area (Å²) in [6, 6.07) is 4.83. The van der Waals surface area contributed by atoms with Crippen LogP contribution in [-0.2, 0) is 0 Å². The molecular weight excluding hydrogens is 274 g/mol. The van der Waals surface area contributed by atoms with E-state index >= 15 is 0 Å². The number of aryl methyl sites for hydroxylation is 1. The molecule has 7 nitrogen and oxygen atoms in total. The van der Waals surface area contributed by atoms with Gasteiger partial charge < -0.3 is 4.98 Å². The first kappa shape index (κ1) is 13.0. The Morgan fingerprint density at radius 1 is 1.32 bits per heavy atom. The van der Waals surface area contributed by atoms with E-state index in [1.165, 1.54) is 18.2 Å². The lowest BCUT2D eigenvalue weighted by atomic mass is 10.2. The Labute approximate surface area is 111 Å². The molecule has 1 aromatic carbocycles. The lowest BCUT2D eigenvalue weighted by Crippen LogP contribution is -2.34. The summed E-state index contributed by atoms with van der Waals surface area (Å²) in [6.07, 6.45) is 0. The van der Waals surface area contributed by atoms with E-state index in [-0.39, 0.29) is 16.4 Å². The molecule has 8 heteroatoms. The van der Waals surface area contributed by atoms with Crippen molar-refractivity contribution in [2.24, 2.45) is 0 Å². The Morgan fingerprint density at radius 3 is 2.58 bits per heavy atom. The molecule has 0 saturated carbocycles. The summed E-state index contributed by atoms with van der Waals surface area (Å²) >= 11 is 5.76. The standard InChI is InChI=1S/C11H8ClN3O4/c1-6-4-10(16)14(11(17)13-6)9-5-7(12)2-3-8(9)15(18)19/h2-5H,1H3,(H,13,17). The van der Waals surface area contributed by atoms with Crippen LogP contribution in [0.4, 0.5) is 5.69 Å². The number of aromatic nitrogens is 2. The summed E-state index contributed by atoms with van der Waals surface area (Å²) in [5, 5.41) is 11.1. The number of aromatic amines is 1. The molecule has 0 saturated heterocycles. The molecule has 2 rings (SSSR count). The molecule has 0 aliphatic heterocycles. The van der Waals surface area contributed by atoms with Crippen LogP contribution in [0.3, 0.4) is 0 Å². The maximum absolute atomic E-state index is 11.8.